The number of para-hydroxylation sites is 2. The topological polar surface area (TPSA) is 73.0 Å². The van der Waals surface area contributed by atoms with Crippen molar-refractivity contribution < 1.29 is 8.81 Å². The first-order chi connectivity index (χ1) is 11.7. The molecule has 8 heteroatoms. The van der Waals surface area contributed by atoms with Gasteiger partial charge in [-0.25, -0.2) is 9.18 Å². The maximum absolute atomic E-state index is 12.9. The normalized spacial score (nSPS) is 11.0. The maximum atomic E-state index is 12.9. The van der Waals surface area contributed by atoms with Crippen LogP contribution in [0, 0.1) is 5.82 Å². The predicted molar refractivity (Wildman–Crippen MR) is 89.2 cm³/mol. The Kier molecular flexibility index (Phi) is 3.58. The zero-order valence-corrected chi connectivity index (χ0v) is 13.1. The summed E-state index contributed by atoms with van der Waals surface area (Å²) < 4.78 is 19.6. The van der Waals surface area contributed by atoms with E-state index in [1.165, 1.54) is 28.0 Å². The Labute approximate surface area is 139 Å². The van der Waals surface area contributed by atoms with Crippen LogP contribution in [-0.4, -0.2) is 14.8 Å². The van der Waals surface area contributed by atoms with Gasteiger partial charge in [0.2, 0.25) is 5.13 Å². The van der Waals surface area contributed by atoms with E-state index in [9.17, 15) is 9.18 Å². The average molecular weight is 342 g/mol. The predicted octanol–water partition coefficient (Wildman–Crippen LogP) is 3.38. The molecule has 1 N–H and O–H groups in total. The molecular formula is C16H11FN4O2S. The Morgan fingerprint density at radius 3 is 2.75 bits per heavy atom. The van der Waals surface area contributed by atoms with Gasteiger partial charge in [0.15, 0.2) is 5.58 Å². The van der Waals surface area contributed by atoms with Crippen LogP contribution in [0.25, 0.3) is 11.1 Å². The van der Waals surface area contributed by atoms with Crippen molar-refractivity contribution in [3.05, 3.63) is 69.9 Å². The Hall–Kier alpha value is -3.00. The van der Waals surface area contributed by atoms with Gasteiger partial charge in [0, 0.05) is 5.69 Å². The molecule has 0 bridgehead atoms. The number of oxazole rings is 1. The van der Waals surface area contributed by atoms with Gasteiger partial charge < -0.3 is 9.73 Å². The first-order valence-corrected chi connectivity index (χ1v) is 7.94. The van der Waals surface area contributed by atoms with Gasteiger partial charge in [0.05, 0.1) is 12.1 Å². The first kappa shape index (κ1) is 14.6. The number of aromatic nitrogens is 3. The number of rotatable bonds is 4. The number of fused-ring (bicyclic) bond motifs is 1. The highest BCUT2D eigenvalue weighted by molar-refractivity contribution is 7.15. The molecule has 2 aromatic heterocycles. The van der Waals surface area contributed by atoms with Crippen molar-refractivity contribution in [1.29, 1.82) is 0 Å². The summed E-state index contributed by atoms with van der Waals surface area (Å²) in [5.74, 6) is -0.732. The molecule has 0 spiro atoms. The van der Waals surface area contributed by atoms with E-state index in [2.05, 4.69) is 15.5 Å². The molecule has 0 fully saturated rings. The summed E-state index contributed by atoms with van der Waals surface area (Å²) in [6.45, 7) is 0.276. The molecule has 0 saturated carbocycles. The van der Waals surface area contributed by atoms with Crippen molar-refractivity contribution in [3.63, 3.8) is 0 Å². The van der Waals surface area contributed by atoms with Crippen LogP contribution in [0.3, 0.4) is 0 Å². The Morgan fingerprint density at radius 1 is 1.12 bits per heavy atom. The lowest BCUT2D eigenvalue weighted by molar-refractivity contribution is 0.517. The minimum absolute atomic E-state index is 0.276. The average Bonchev–Trinajstić information content (AvgIpc) is 3.15. The summed E-state index contributed by atoms with van der Waals surface area (Å²) >= 11 is 1.32. The smallest absolute Gasteiger partial charge is 0.408 e. The molecule has 0 amide bonds. The van der Waals surface area contributed by atoms with Gasteiger partial charge in [-0.3, -0.25) is 4.57 Å². The zero-order chi connectivity index (χ0) is 16.5. The fourth-order valence-corrected chi connectivity index (χ4v) is 3.07. The molecule has 4 rings (SSSR count). The van der Waals surface area contributed by atoms with E-state index >= 15 is 0 Å². The molecule has 4 aromatic rings. The summed E-state index contributed by atoms with van der Waals surface area (Å²) in [6.07, 6.45) is 0. The van der Waals surface area contributed by atoms with E-state index in [1.54, 1.807) is 18.2 Å². The van der Waals surface area contributed by atoms with Gasteiger partial charge in [0.1, 0.15) is 10.8 Å². The van der Waals surface area contributed by atoms with Crippen LogP contribution >= 0.6 is 11.3 Å². The standard InChI is InChI=1S/C16H11FN4O2S/c17-10-5-7-11(8-6-10)18-15-20-19-14(24-15)9-21-12-3-1-2-4-13(12)23-16(21)22/h1-8H,9H2,(H,18,20). The second-order valence-corrected chi connectivity index (χ2v) is 6.12. The lowest BCUT2D eigenvalue weighted by Crippen LogP contribution is -2.14. The molecule has 24 heavy (non-hydrogen) atoms. The SMILES string of the molecule is O=c1oc2ccccc2n1Cc1nnc(Nc2ccc(F)cc2)s1. The molecule has 6 nitrogen and oxygen atoms in total. The number of nitrogens with zero attached hydrogens (tertiary/aromatic N) is 3. The zero-order valence-electron chi connectivity index (χ0n) is 12.3. The number of hydrogen-bond acceptors (Lipinski definition) is 6. The number of hydrogen-bond donors (Lipinski definition) is 1. The fraction of sp³-hybridized carbons (Fsp3) is 0.0625. The van der Waals surface area contributed by atoms with Crippen molar-refractivity contribution in [2.75, 3.05) is 5.32 Å². The number of benzene rings is 2. The van der Waals surface area contributed by atoms with Crippen molar-refractivity contribution >= 4 is 33.3 Å². The minimum atomic E-state index is -0.431. The highest BCUT2D eigenvalue weighted by Crippen LogP contribution is 2.22. The molecule has 120 valence electrons. The van der Waals surface area contributed by atoms with E-state index in [1.807, 2.05) is 18.2 Å². The van der Waals surface area contributed by atoms with Crippen LogP contribution in [0.4, 0.5) is 15.2 Å². The lowest BCUT2D eigenvalue weighted by atomic mass is 10.3. The van der Waals surface area contributed by atoms with Crippen molar-refractivity contribution in [2.24, 2.45) is 0 Å². The lowest BCUT2D eigenvalue weighted by Gasteiger charge is -2.00. The Balaban J connectivity index is 1.57. The Bertz CT molecular complexity index is 1050. The van der Waals surface area contributed by atoms with Gasteiger partial charge in [-0.2, -0.15) is 0 Å². The highest BCUT2D eigenvalue weighted by Gasteiger charge is 2.12. The summed E-state index contributed by atoms with van der Waals surface area (Å²) in [5.41, 5.74) is 1.97. The van der Waals surface area contributed by atoms with Gasteiger partial charge in [-0.1, -0.05) is 23.5 Å². The largest absolute Gasteiger partial charge is 0.420 e. The number of halogens is 1. The van der Waals surface area contributed by atoms with Crippen LogP contribution in [0.15, 0.2) is 57.7 Å². The molecule has 0 unspecified atom stereocenters. The first-order valence-electron chi connectivity index (χ1n) is 7.12. The van der Waals surface area contributed by atoms with Crippen LogP contribution in [0.1, 0.15) is 5.01 Å². The summed E-state index contributed by atoms with van der Waals surface area (Å²) in [6, 6.07) is 13.2. The second-order valence-electron chi connectivity index (χ2n) is 5.05. The molecule has 0 aliphatic carbocycles. The van der Waals surface area contributed by atoms with Crippen LogP contribution in [0.2, 0.25) is 0 Å². The van der Waals surface area contributed by atoms with Crippen LogP contribution < -0.4 is 11.1 Å². The summed E-state index contributed by atoms with van der Waals surface area (Å²) in [5, 5.41) is 12.4. The molecule has 0 saturated heterocycles. The summed E-state index contributed by atoms with van der Waals surface area (Å²) in [4.78, 5) is 12.0. The van der Waals surface area contributed by atoms with Crippen LogP contribution in [0.5, 0.6) is 0 Å². The third-order valence-corrected chi connectivity index (χ3v) is 4.25. The third-order valence-electron chi connectivity index (χ3n) is 3.43. The van der Waals surface area contributed by atoms with E-state index in [0.717, 1.165) is 0 Å². The molecule has 2 heterocycles. The molecule has 0 radical (unpaired) electrons. The Morgan fingerprint density at radius 2 is 1.92 bits per heavy atom. The van der Waals surface area contributed by atoms with Gasteiger partial charge >= 0.3 is 5.76 Å². The third kappa shape index (κ3) is 2.79. The van der Waals surface area contributed by atoms with Crippen molar-refractivity contribution in [2.45, 2.75) is 6.54 Å². The van der Waals surface area contributed by atoms with E-state index in [4.69, 9.17) is 4.42 Å². The molecule has 2 aromatic carbocycles. The highest BCUT2D eigenvalue weighted by atomic mass is 32.1. The fourth-order valence-electron chi connectivity index (χ4n) is 2.32. The monoisotopic (exact) mass is 342 g/mol. The maximum Gasteiger partial charge on any atom is 0.420 e. The van der Waals surface area contributed by atoms with E-state index < -0.39 is 5.76 Å². The number of anilines is 2. The summed E-state index contributed by atoms with van der Waals surface area (Å²) in [7, 11) is 0. The molecule has 0 aliphatic heterocycles. The minimum Gasteiger partial charge on any atom is -0.408 e. The van der Waals surface area contributed by atoms with Crippen LogP contribution in [-0.2, 0) is 6.54 Å². The van der Waals surface area contributed by atoms with E-state index in [0.29, 0.717) is 26.9 Å². The van der Waals surface area contributed by atoms with Crippen molar-refractivity contribution in [1.82, 2.24) is 14.8 Å². The quantitative estimate of drug-likeness (QED) is 0.615. The molecular weight excluding hydrogens is 331 g/mol. The molecule has 0 atom stereocenters. The second kappa shape index (κ2) is 5.89. The van der Waals surface area contributed by atoms with Gasteiger partial charge in [0.25, 0.3) is 0 Å². The molecule has 0 aliphatic rings. The van der Waals surface area contributed by atoms with E-state index in [-0.39, 0.29) is 12.4 Å². The van der Waals surface area contributed by atoms with Crippen molar-refractivity contribution in [3.8, 4) is 0 Å². The number of nitrogens with one attached hydrogen (secondary N) is 1. The van der Waals surface area contributed by atoms with Gasteiger partial charge in [-0.15, -0.1) is 10.2 Å². The van der Waals surface area contributed by atoms with Gasteiger partial charge in [-0.05, 0) is 36.4 Å².